The Balaban J connectivity index is 1.89. The molecule has 2 atom stereocenters. The van der Waals surface area contributed by atoms with E-state index >= 15 is 0 Å². The van der Waals surface area contributed by atoms with E-state index in [1.165, 1.54) is 64.2 Å². The van der Waals surface area contributed by atoms with Gasteiger partial charge < -0.3 is 10.4 Å². The van der Waals surface area contributed by atoms with E-state index < -0.39 is 0 Å². The molecule has 1 heterocycles. The van der Waals surface area contributed by atoms with Crippen LogP contribution in [0.3, 0.4) is 0 Å². The number of rotatable bonds is 13. The van der Waals surface area contributed by atoms with E-state index in [-0.39, 0.29) is 6.10 Å². The molecule has 21 heavy (non-hydrogen) atoms. The maximum atomic E-state index is 10.2. The molecule has 2 unspecified atom stereocenters. The Labute approximate surface area is 131 Å². The molecular formula is C18H36N2O. The van der Waals surface area contributed by atoms with Gasteiger partial charge in [-0.2, -0.15) is 0 Å². The van der Waals surface area contributed by atoms with Crippen molar-refractivity contribution in [2.75, 3.05) is 13.1 Å². The Morgan fingerprint density at radius 3 is 2.10 bits per heavy atom. The quantitative estimate of drug-likeness (QED) is 0.498. The van der Waals surface area contributed by atoms with Crippen LogP contribution in [0.5, 0.6) is 0 Å². The molecule has 0 spiro atoms. The van der Waals surface area contributed by atoms with Crippen LogP contribution < -0.4 is 5.32 Å². The van der Waals surface area contributed by atoms with Crippen LogP contribution >= 0.6 is 0 Å². The normalized spacial score (nSPS) is 17.4. The second-order valence-electron chi connectivity index (χ2n) is 6.59. The number of hydrogen-bond donors (Lipinski definition) is 2. The Bertz CT molecular complexity index is 278. The number of hydrogen-bond acceptors (Lipinski definition) is 3. The van der Waals surface area contributed by atoms with Crippen molar-refractivity contribution in [1.29, 1.82) is 0 Å². The first kappa shape index (κ1) is 18.5. The fraction of sp³-hybridized carbons (Fsp3) is 0.944. The zero-order chi connectivity index (χ0) is 15.3. The van der Waals surface area contributed by atoms with Crippen molar-refractivity contribution >= 4 is 5.84 Å². The highest BCUT2D eigenvalue weighted by atomic mass is 16.3. The lowest BCUT2D eigenvalue weighted by Crippen LogP contribution is -2.35. The van der Waals surface area contributed by atoms with Gasteiger partial charge in [-0.1, -0.05) is 78.1 Å². The predicted molar refractivity (Wildman–Crippen MR) is 91.9 cm³/mol. The molecule has 0 aromatic rings. The number of nitrogens with zero attached hydrogens (tertiary/aromatic N) is 1. The van der Waals surface area contributed by atoms with Crippen molar-refractivity contribution in [3.8, 4) is 0 Å². The van der Waals surface area contributed by atoms with Gasteiger partial charge in [-0.25, -0.2) is 0 Å². The highest BCUT2D eigenvalue weighted by Gasteiger charge is 2.21. The van der Waals surface area contributed by atoms with Crippen LogP contribution in [-0.4, -0.2) is 30.1 Å². The van der Waals surface area contributed by atoms with Crippen molar-refractivity contribution < 1.29 is 5.11 Å². The van der Waals surface area contributed by atoms with Crippen LogP contribution in [0.25, 0.3) is 0 Å². The highest BCUT2D eigenvalue weighted by molar-refractivity contribution is 5.87. The summed E-state index contributed by atoms with van der Waals surface area (Å²) < 4.78 is 0. The van der Waals surface area contributed by atoms with Crippen molar-refractivity contribution in [2.45, 2.75) is 90.6 Å². The third-order valence-electron chi connectivity index (χ3n) is 4.53. The highest BCUT2D eigenvalue weighted by Crippen LogP contribution is 2.17. The van der Waals surface area contributed by atoms with Gasteiger partial charge in [0, 0.05) is 6.54 Å². The Hall–Kier alpha value is -0.570. The van der Waals surface area contributed by atoms with Gasteiger partial charge in [0.25, 0.3) is 0 Å². The largest absolute Gasteiger partial charge is 0.385 e. The lowest BCUT2D eigenvalue weighted by Gasteiger charge is -2.19. The molecule has 124 valence electrons. The molecule has 0 amide bonds. The summed E-state index contributed by atoms with van der Waals surface area (Å²) in [5.41, 5.74) is 0. The molecule has 0 bridgehead atoms. The van der Waals surface area contributed by atoms with Crippen LogP contribution in [0, 0.1) is 5.92 Å². The van der Waals surface area contributed by atoms with Gasteiger partial charge in [0.15, 0.2) is 0 Å². The second-order valence-corrected chi connectivity index (χ2v) is 6.59. The summed E-state index contributed by atoms with van der Waals surface area (Å²) in [5, 5.41) is 13.3. The van der Waals surface area contributed by atoms with E-state index in [2.05, 4.69) is 24.2 Å². The molecule has 3 nitrogen and oxygen atoms in total. The minimum atomic E-state index is -0.383. The molecule has 1 aliphatic rings. The zero-order valence-electron chi connectivity index (χ0n) is 14.2. The fourth-order valence-corrected chi connectivity index (χ4v) is 3.00. The van der Waals surface area contributed by atoms with Gasteiger partial charge in [0.2, 0.25) is 0 Å². The third-order valence-corrected chi connectivity index (χ3v) is 4.53. The predicted octanol–water partition coefficient (Wildman–Crippen LogP) is 4.30. The number of nitrogens with one attached hydrogen (secondary N) is 1. The number of amidine groups is 1. The third kappa shape index (κ3) is 8.45. The SMILES string of the molecule is CCCCCCCCCCCCC(C)C(O)C1=NCCN1. The number of unbranched alkanes of at least 4 members (excludes halogenated alkanes) is 9. The maximum Gasteiger partial charge on any atom is 0.126 e. The van der Waals surface area contributed by atoms with Gasteiger partial charge >= 0.3 is 0 Å². The molecule has 0 saturated carbocycles. The van der Waals surface area contributed by atoms with E-state index in [9.17, 15) is 5.11 Å². The van der Waals surface area contributed by atoms with Crippen LogP contribution in [0.1, 0.15) is 84.5 Å². The minimum absolute atomic E-state index is 0.323. The van der Waals surface area contributed by atoms with E-state index in [0.29, 0.717) is 5.92 Å². The van der Waals surface area contributed by atoms with Crippen LogP contribution in [-0.2, 0) is 0 Å². The summed E-state index contributed by atoms with van der Waals surface area (Å²) in [6, 6.07) is 0. The Morgan fingerprint density at radius 1 is 1.00 bits per heavy atom. The molecular weight excluding hydrogens is 260 g/mol. The molecule has 2 N–H and O–H groups in total. The van der Waals surface area contributed by atoms with Gasteiger partial charge in [-0.3, -0.25) is 4.99 Å². The van der Waals surface area contributed by atoms with Gasteiger partial charge in [0.1, 0.15) is 11.9 Å². The molecule has 0 aromatic carbocycles. The van der Waals surface area contributed by atoms with Crippen LogP contribution in [0.4, 0.5) is 0 Å². The summed E-state index contributed by atoms with van der Waals surface area (Å²) in [6.07, 6.45) is 14.4. The Kier molecular flexibility index (Phi) is 10.6. The molecule has 0 fully saturated rings. The summed E-state index contributed by atoms with van der Waals surface area (Å²) in [6.45, 7) is 6.11. The lowest BCUT2D eigenvalue weighted by atomic mass is 9.96. The molecule has 1 rings (SSSR count). The van der Waals surface area contributed by atoms with E-state index in [1.54, 1.807) is 0 Å². The van der Waals surface area contributed by atoms with Gasteiger partial charge in [-0.15, -0.1) is 0 Å². The molecule has 0 aromatic heterocycles. The average molecular weight is 296 g/mol. The molecule has 0 saturated heterocycles. The fourth-order valence-electron chi connectivity index (χ4n) is 3.00. The van der Waals surface area contributed by atoms with Gasteiger partial charge in [-0.05, 0) is 12.3 Å². The van der Waals surface area contributed by atoms with Crippen molar-refractivity contribution in [3.05, 3.63) is 0 Å². The van der Waals surface area contributed by atoms with E-state index in [0.717, 1.165) is 25.3 Å². The summed E-state index contributed by atoms with van der Waals surface area (Å²) in [7, 11) is 0. The minimum Gasteiger partial charge on any atom is -0.385 e. The molecule has 1 aliphatic heterocycles. The van der Waals surface area contributed by atoms with Gasteiger partial charge in [0.05, 0.1) is 6.54 Å². The van der Waals surface area contributed by atoms with E-state index in [1.807, 2.05) is 0 Å². The topological polar surface area (TPSA) is 44.6 Å². The lowest BCUT2D eigenvalue weighted by molar-refractivity contribution is 0.169. The first-order chi connectivity index (χ1) is 10.3. The number of aliphatic hydroxyl groups excluding tert-OH is 1. The molecule has 0 radical (unpaired) electrons. The smallest absolute Gasteiger partial charge is 0.126 e. The Morgan fingerprint density at radius 2 is 1.57 bits per heavy atom. The van der Waals surface area contributed by atoms with Crippen molar-refractivity contribution in [2.24, 2.45) is 10.9 Å². The zero-order valence-corrected chi connectivity index (χ0v) is 14.2. The standard InChI is InChI=1S/C18H36N2O/c1-3-4-5-6-7-8-9-10-11-12-13-16(2)17(21)18-19-14-15-20-18/h16-17,21H,3-15H2,1-2H3,(H,19,20). The molecule has 3 heteroatoms. The van der Waals surface area contributed by atoms with Crippen LogP contribution in [0.15, 0.2) is 4.99 Å². The summed E-state index contributed by atoms with van der Waals surface area (Å²) >= 11 is 0. The molecule has 0 aliphatic carbocycles. The first-order valence-corrected chi connectivity index (χ1v) is 9.22. The summed E-state index contributed by atoms with van der Waals surface area (Å²) in [4.78, 5) is 4.31. The number of aliphatic imine (C=N–C) groups is 1. The number of aliphatic hydroxyl groups is 1. The van der Waals surface area contributed by atoms with Crippen LogP contribution in [0.2, 0.25) is 0 Å². The monoisotopic (exact) mass is 296 g/mol. The maximum absolute atomic E-state index is 10.2. The van der Waals surface area contributed by atoms with E-state index in [4.69, 9.17) is 0 Å². The average Bonchev–Trinajstić information content (AvgIpc) is 3.02. The van der Waals surface area contributed by atoms with Crippen molar-refractivity contribution in [1.82, 2.24) is 5.32 Å². The summed E-state index contributed by atoms with van der Waals surface area (Å²) in [5.74, 6) is 1.14. The first-order valence-electron chi connectivity index (χ1n) is 9.22. The second kappa shape index (κ2) is 12.0. The van der Waals surface area contributed by atoms with Crippen molar-refractivity contribution in [3.63, 3.8) is 0 Å².